The van der Waals surface area contributed by atoms with E-state index in [0.29, 0.717) is 30.1 Å². The molecule has 0 aromatic heterocycles. The molecular weight excluding hydrogens is 469 g/mol. The molecule has 2 aliphatic rings. The quantitative estimate of drug-likeness (QED) is 0.576. The molecule has 2 amide bonds. The Bertz CT molecular complexity index is 1200. The van der Waals surface area contributed by atoms with Gasteiger partial charge in [0.25, 0.3) is 0 Å². The number of benzene rings is 2. The summed E-state index contributed by atoms with van der Waals surface area (Å²) in [6.45, 7) is 1.93. The predicted octanol–water partition coefficient (Wildman–Crippen LogP) is 1.03. The number of hydrogen-bond donors (Lipinski definition) is 2. The van der Waals surface area contributed by atoms with Crippen molar-refractivity contribution in [3.8, 4) is 11.5 Å². The van der Waals surface area contributed by atoms with Crippen LogP contribution in [0.25, 0.3) is 0 Å². The number of sulfonamides is 1. The van der Waals surface area contributed by atoms with Crippen molar-refractivity contribution in [3.05, 3.63) is 53.3 Å². The van der Waals surface area contributed by atoms with Crippen LogP contribution in [-0.4, -0.2) is 57.3 Å². The van der Waals surface area contributed by atoms with Gasteiger partial charge in [0.15, 0.2) is 11.5 Å². The molecule has 0 unspecified atom stereocenters. The van der Waals surface area contributed by atoms with Crippen LogP contribution in [0.15, 0.2) is 41.3 Å². The van der Waals surface area contributed by atoms with Crippen molar-refractivity contribution in [1.82, 2.24) is 14.9 Å². The second-order valence-corrected chi connectivity index (χ2v) is 9.68. The Balaban J connectivity index is 1.34. The number of amides is 2. The third kappa shape index (κ3) is 5.13. The molecule has 2 aromatic rings. The summed E-state index contributed by atoms with van der Waals surface area (Å²) in [4.78, 5) is 24.4. The highest BCUT2D eigenvalue weighted by molar-refractivity contribution is 7.89. The van der Waals surface area contributed by atoms with Crippen LogP contribution in [0.3, 0.4) is 0 Å². The molecule has 1 saturated heterocycles. The molecule has 2 heterocycles. The number of hydrogen-bond acceptors (Lipinski definition) is 7. The van der Waals surface area contributed by atoms with Crippen LogP contribution in [0.2, 0.25) is 0 Å². The molecule has 182 valence electrons. The molecule has 12 heteroatoms. The van der Waals surface area contributed by atoms with Gasteiger partial charge in [-0.2, -0.15) is 4.31 Å². The van der Waals surface area contributed by atoms with Gasteiger partial charge in [0.05, 0.1) is 18.0 Å². The van der Waals surface area contributed by atoms with Gasteiger partial charge in [-0.1, -0.05) is 6.07 Å². The molecule has 0 spiro atoms. The van der Waals surface area contributed by atoms with Crippen molar-refractivity contribution in [2.45, 2.75) is 31.0 Å². The lowest BCUT2D eigenvalue weighted by molar-refractivity contribution is -0.140. The monoisotopic (exact) mass is 493 g/mol. The molecule has 0 aliphatic carbocycles. The summed E-state index contributed by atoms with van der Waals surface area (Å²) in [5.74, 6) is -1.15. The van der Waals surface area contributed by atoms with Gasteiger partial charge < -0.3 is 24.8 Å². The van der Waals surface area contributed by atoms with Gasteiger partial charge in [-0.05, 0) is 54.8 Å². The highest BCUT2D eigenvalue weighted by Gasteiger charge is 2.35. The fourth-order valence-corrected chi connectivity index (χ4v) is 5.24. The van der Waals surface area contributed by atoms with Gasteiger partial charge in [0.1, 0.15) is 12.0 Å². The Morgan fingerprint density at radius 3 is 2.65 bits per heavy atom. The van der Waals surface area contributed by atoms with Crippen LogP contribution in [-0.2, 0) is 30.9 Å². The number of nitrogens with zero attached hydrogens (tertiary/aromatic N) is 1. The van der Waals surface area contributed by atoms with E-state index in [9.17, 15) is 22.4 Å². The van der Waals surface area contributed by atoms with E-state index in [1.807, 2.05) is 0 Å². The Morgan fingerprint density at radius 1 is 1.09 bits per heavy atom. The first-order chi connectivity index (χ1) is 16.3. The Hall–Kier alpha value is -3.22. The number of fused-ring (bicyclic) bond motifs is 1. The summed E-state index contributed by atoms with van der Waals surface area (Å²) in [6, 6.07) is 8.68. The molecule has 2 aliphatic heterocycles. The predicted molar refractivity (Wildman–Crippen MR) is 117 cm³/mol. The molecule has 2 N–H and O–H groups in total. The van der Waals surface area contributed by atoms with Crippen molar-refractivity contribution in [3.63, 3.8) is 0 Å². The number of nitrogens with one attached hydrogen (secondary N) is 2. The van der Waals surface area contributed by atoms with Gasteiger partial charge in [-0.25, -0.2) is 12.8 Å². The van der Waals surface area contributed by atoms with Crippen LogP contribution in [0.1, 0.15) is 17.5 Å². The Morgan fingerprint density at radius 2 is 1.85 bits per heavy atom. The van der Waals surface area contributed by atoms with E-state index < -0.39 is 33.9 Å². The van der Waals surface area contributed by atoms with Crippen LogP contribution in [0.5, 0.6) is 11.5 Å². The standard InChI is InChI=1S/C22H24FN3O7S/c1-14-9-16(4-5-17(14)23)34(29,30)26-7-2-8-31-20(26)12-25-22(28)21(27)24-11-15-3-6-18-19(10-15)33-13-32-18/h3-6,9-10,20H,2,7-8,11-13H2,1H3,(H,24,27)(H,25,28)/t20-/m1/s1. The van der Waals surface area contributed by atoms with E-state index in [0.717, 1.165) is 10.4 Å². The number of carbonyl (C=O) groups excluding carboxylic acids is 2. The van der Waals surface area contributed by atoms with Crippen molar-refractivity contribution < 1.29 is 36.6 Å². The summed E-state index contributed by atoms with van der Waals surface area (Å²) in [7, 11) is -4.00. The SMILES string of the molecule is Cc1cc(S(=O)(=O)N2CCCO[C@@H]2CNC(=O)C(=O)NCc2ccc3c(c2)OCO3)ccc1F. The lowest BCUT2D eigenvalue weighted by Gasteiger charge is -2.34. The van der Waals surface area contributed by atoms with Crippen LogP contribution in [0, 0.1) is 12.7 Å². The maximum atomic E-state index is 13.6. The van der Waals surface area contributed by atoms with Crippen LogP contribution >= 0.6 is 0 Å². The number of carbonyl (C=O) groups is 2. The van der Waals surface area contributed by atoms with E-state index >= 15 is 0 Å². The van der Waals surface area contributed by atoms with Crippen molar-refractivity contribution in [1.29, 1.82) is 0 Å². The fraction of sp³-hybridized carbons (Fsp3) is 0.364. The first kappa shape index (κ1) is 23.9. The topological polar surface area (TPSA) is 123 Å². The second-order valence-electron chi connectivity index (χ2n) is 7.79. The zero-order valence-corrected chi connectivity index (χ0v) is 19.2. The van der Waals surface area contributed by atoms with E-state index in [1.165, 1.54) is 19.1 Å². The summed E-state index contributed by atoms with van der Waals surface area (Å²) in [5, 5.41) is 4.92. The van der Waals surface area contributed by atoms with Gasteiger partial charge in [0.2, 0.25) is 16.8 Å². The largest absolute Gasteiger partial charge is 0.454 e. The first-order valence-corrected chi connectivity index (χ1v) is 12.0. The number of halogens is 1. The highest BCUT2D eigenvalue weighted by Crippen LogP contribution is 2.32. The second kappa shape index (κ2) is 9.95. The third-order valence-corrected chi connectivity index (χ3v) is 7.31. The third-order valence-electron chi connectivity index (χ3n) is 5.42. The zero-order valence-electron chi connectivity index (χ0n) is 18.4. The molecular formula is C22H24FN3O7S. The molecule has 0 saturated carbocycles. The minimum atomic E-state index is -4.00. The normalized spacial score (nSPS) is 17.9. The highest BCUT2D eigenvalue weighted by atomic mass is 32.2. The maximum absolute atomic E-state index is 13.6. The maximum Gasteiger partial charge on any atom is 0.309 e. The van der Waals surface area contributed by atoms with Crippen molar-refractivity contribution in [2.75, 3.05) is 26.5 Å². The molecule has 10 nitrogen and oxygen atoms in total. The van der Waals surface area contributed by atoms with Crippen molar-refractivity contribution >= 4 is 21.8 Å². The average Bonchev–Trinajstić information content (AvgIpc) is 3.30. The minimum absolute atomic E-state index is 0.0744. The summed E-state index contributed by atoms with van der Waals surface area (Å²) in [6.07, 6.45) is -0.547. The summed E-state index contributed by atoms with van der Waals surface area (Å²) in [5.41, 5.74) is 0.913. The molecule has 0 radical (unpaired) electrons. The summed E-state index contributed by atoms with van der Waals surface area (Å²) < 4.78 is 56.9. The van der Waals surface area contributed by atoms with Crippen molar-refractivity contribution in [2.24, 2.45) is 0 Å². The lowest BCUT2D eigenvalue weighted by atomic mass is 10.2. The van der Waals surface area contributed by atoms with Gasteiger partial charge >= 0.3 is 11.8 Å². The fourth-order valence-electron chi connectivity index (χ4n) is 3.59. The molecule has 2 aromatic carbocycles. The van der Waals surface area contributed by atoms with E-state index in [2.05, 4.69) is 10.6 Å². The molecule has 4 rings (SSSR count). The average molecular weight is 494 g/mol. The Kier molecular flexibility index (Phi) is 7.00. The first-order valence-electron chi connectivity index (χ1n) is 10.6. The van der Waals surface area contributed by atoms with Gasteiger partial charge in [-0.3, -0.25) is 9.59 Å². The zero-order chi connectivity index (χ0) is 24.3. The Labute approximate surface area is 196 Å². The van der Waals surface area contributed by atoms with Gasteiger partial charge in [0, 0.05) is 13.1 Å². The number of ether oxygens (including phenoxy) is 3. The van der Waals surface area contributed by atoms with Gasteiger partial charge in [-0.15, -0.1) is 0 Å². The minimum Gasteiger partial charge on any atom is -0.454 e. The van der Waals surface area contributed by atoms with E-state index in [4.69, 9.17) is 14.2 Å². The molecule has 34 heavy (non-hydrogen) atoms. The molecule has 1 atom stereocenters. The number of aryl methyl sites for hydroxylation is 1. The molecule has 1 fully saturated rings. The molecule has 0 bridgehead atoms. The van der Waals surface area contributed by atoms with Crippen LogP contribution < -0.4 is 20.1 Å². The van der Waals surface area contributed by atoms with Crippen LogP contribution in [0.4, 0.5) is 4.39 Å². The summed E-state index contributed by atoms with van der Waals surface area (Å²) >= 11 is 0. The van der Waals surface area contributed by atoms with E-state index in [1.54, 1.807) is 18.2 Å². The lowest BCUT2D eigenvalue weighted by Crippen LogP contribution is -2.53. The van der Waals surface area contributed by atoms with E-state index in [-0.39, 0.29) is 36.9 Å². The smallest absolute Gasteiger partial charge is 0.309 e. The number of rotatable bonds is 6.